The van der Waals surface area contributed by atoms with Crippen molar-refractivity contribution in [1.82, 2.24) is 5.32 Å². The van der Waals surface area contributed by atoms with Crippen LogP contribution in [0.1, 0.15) is 36.7 Å². The quantitative estimate of drug-likeness (QED) is 0.570. The molecule has 0 saturated carbocycles. The fourth-order valence-electron chi connectivity index (χ4n) is 1.42. The number of nitrogens with two attached hydrogens (primary N) is 1. The van der Waals surface area contributed by atoms with Crippen molar-refractivity contribution >= 4 is 17.7 Å². The van der Waals surface area contributed by atoms with Crippen LogP contribution in [0.15, 0.2) is 18.2 Å². The van der Waals surface area contributed by atoms with Crippen LogP contribution in [0.5, 0.6) is 0 Å². The second kappa shape index (κ2) is 6.66. The first-order chi connectivity index (χ1) is 9.67. The first-order valence-corrected chi connectivity index (χ1v) is 6.27. The van der Waals surface area contributed by atoms with E-state index in [9.17, 15) is 9.59 Å². The molecule has 1 aromatic rings. The number of benzene rings is 1. The Hall–Kier alpha value is -2.68. The lowest BCUT2D eigenvalue weighted by atomic mass is 10.1. The number of hydrogen-bond acceptors (Lipinski definition) is 4. The number of alkyl carbamates (subject to hydrolysis) is 1. The van der Waals surface area contributed by atoms with Gasteiger partial charge in [0, 0.05) is 11.3 Å². The van der Waals surface area contributed by atoms with Gasteiger partial charge in [0.2, 0.25) is 0 Å². The zero-order valence-corrected chi connectivity index (χ0v) is 12.2. The van der Waals surface area contributed by atoms with E-state index in [0.29, 0.717) is 11.3 Å². The summed E-state index contributed by atoms with van der Waals surface area (Å²) in [6.07, 6.45) is -0.560. The Balaban J connectivity index is 2.63. The minimum absolute atomic E-state index is 0.0689. The molecule has 21 heavy (non-hydrogen) atoms. The third kappa shape index (κ3) is 6.34. The van der Waals surface area contributed by atoms with Crippen molar-refractivity contribution in [3.05, 3.63) is 29.3 Å². The highest BCUT2D eigenvalue weighted by Gasteiger charge is 2.15. The van der Waals surface area contributed by atoms with E-state index in [1.807, 2.05) is 0 Å². The standard InChI is InChI=1S/C15H18N2O4/c1-15(2,3)21-14(20)17-6-4-5-10-7-11(13(18)19)9-12(16)8-10/h7-9H,6,16H2,1-3H3,(H,17,20)(H,18,19). The molecule has 6 nitrogen and oxygen atoms in total. The molecule has 4 N–H and O–H groups in total. The number of amides is 1. The average Bonchev–Trinajstić information content (AvgIpc) is 2.31. The van der Waals surface area contributed by atoms with Crippen LogP contribution in [0, 0.1) is 11.8 Å². The van der Waals surface area contributed by atoms with Crippen LogP contribution >= 0.6 is 0 Å². The Morgan fingerprint density at radius 2 is 2.00 bits per heavy atom. The molecular weight excluding hydrogens is 272 g/mol. The van der Waals surface area contributed by atoms with E-state index in [-0.39, 0.29) is 12.1 Å². The van der Waals surface area contributed by atoms with Gasteiger partial charge in [-0.15, -0.1) is 0 Å². The zero-order chi connectivity index (χ0) is 16.0. The lowest BCUT2D eigenvalue weighted by Gasteiger charge is -2.19. The van der Waals surface area contributed by atoms with Gasteiger partial charge in [0.15, 0.2) is 0 Å². The van der Waals surface area contributed by atoms with Crippen LogP contribution in [0.25, 0.3) is 0 Å². The molecule has 0 aromatic heterocycles. The smallest absolute Gasteiger partial charge is 0.408 e. The Labute approximate surface area is 123 Å². The topological polar surface area (TPSA) is 102 Å². The summed E-state index contributed by atoms with van der Waals surface area (Å²) in [5.74, 6) is 4.36. The first kappa shape index (κ1) is 16.4. The Morgan fingerprint density at radius 3 is 2.57 bits per heavy atom. The number of carboxylic acids is 1. The normalized spacial score (nSPS) is 10.2. The molecule has 0 spiro atoms. The third-order valence-corrected chi connectivity index (χ3v) is 2.16. The molecule has 6 heteroatoms. The summed E-state index contributed by atoms with van der Waals surface area (Å²) in [7, 11) is 0. The van der Waals surface area contributed by atoms with E-state index >= 15 is 0 Å². The summed E-state index contributed by atoms with van der Waals surface area (Å²) in [6.45, 7) is 5.38. The van der Waals surface area contributed by atoms with Gasteiger partial charge in [-0.1, -0.05) is 11.8 Å². The summed E-state index contributed by atoms with van der Waals surface area (Å²) in [5.41, 5.74) is 5.89. The molecule has 0 heterocycles. The minimum atomic E-state index is -1.07. The number of nitrogens with one attached hydrogen (secondary N) is 1. The molecule has 1 amide bonds. The van der Waals surface area contributed by atoms with Gasteiger partial charge in [-0.2, -0.15) is 0 Å². The van der Waals surface area contributed by atoms with Gasteiger partial charge in [-0.25, -0.2) is 9.59 Å². The number of carbonyl (C=O) groups is 2. The molecule has 0 aliphatic rings. The number of carbonyl (C=O) groups excluding carboxylic acids is 1. The second-order valence-corrected chi connectivity index (χ2v) is 5.31. The summed E-state index contributed by atoms with van der Waals surface area (Å²) in [5, 5.41) is 11.4. The molecule has 0 aliphatic carbocycles. The van der Waals surface area contributed by atoms with Gasteiger partial charge in [0.05, 0.1) is 12.1 Å². The lowest BCUT2D eigenvalue weighted by molar-refractivity contribution is 0.0534. The van der Waals surface area contributed by atoms with Crippen molar-refractivity contribution in [2.45, 2.75) is 26.4 Å². The van der Waals surface area contributed by atoms with Crippen LogP contribution in [0.3, 0.4) is 0 Å². The highest BCUT2D eigenvalue weighted by atomic mass is 16.6. The molecule has 0 radical (unpaired) electrons. The van der Waals surface area contributed by atoms with Crippen LogP contribution in [-0.2, 0) is 4.74 Å². The summed E-state index contributed by atoms with van der Waals surface area (Å²) in [6, 6.07) is 4.33. The summed E-state index contributed by atoms with van der Waals surface area (Å²) >= 11 is 0. The second-order valence-electron chi connectivity index (χ2n) is 5.31. The number of nitrogen functional groups attached to an aromatic ring is 1. The molecule has 112 valence electrons. The van der Waals surface area contributed by atoms with Crippen molar-refractivity contribution in [1.29, 1.82) is 0 Å². The summed E-state index contributed by atoms with van der Waals surface area (Å²) in [4.78, 5) is 22.2. The molecule has 0 aliphatic heterocycles. The molecule has 1 aromatic carbocycles. The van der Waals surface area contributed by atoms with Crippen molar-refractivity contribution in [2.24, 2.45) is 0 Å². The number of ether oxygens (including phenoxy) is 1. The SMILES string of the molecule is CC(C)(C)OC(=O)NCC#Cc1cc(N)cc(C(=O)O)c1. The predicted molar refractivity (Wildman–Crippen MR) is 78.9 cm³/mol. The van der Waals surface area contributed by atoms with Gasteiger partial charge in [-0.05, 0) is 39.0 Å². The largest absolute Gasteiger partial charge is 0.478 e. The van der Waals surface area contributed by atoms with Crippen molar-refractivity contribution in [2.75, 3.05) is 12.3 Å². The molecule has 0 unspecified atom stereocenters. The number of carboxylic acid groups (broad SMARTS) is 1. The van der Waals surface area contributed by atoms with E-state index in [1.54, 1.807) is 26.8 Å². The monoisotopic (exact) mass is 290 g/mol. The molecule has 0 saturated heterocycles. The number of rotatable bonds is 2. The van der Waals surface area contributed by atoms with Gasteiger partial charge in [-0.3, -0.25) is 0 Å². The molecule has 1 rings (SSSR count). The lowest BCUT2D eigenvalue weighted by Crippen LogP contribution is -2.32. The van der Waals surface area contributed by atoms with Crippen molar-refractivity contribution < 1.29 is 19.4 Å². The van der Waals surface area contributed by atoms with E-state index in [0.717, 1.165) is 0 Å². The minimum Gasteiger partial charge on any atom is -0.478 e. The molecule has 0 atom stereocenters. The predicted octanol–water partition coefficient (Wildman–Crippen LogP) is 1.84. The van der Waals surface area contributed by atoms with E-state index in [4.69, 9.17) is 15.6 Å². The number of aromatic carboxylic acids is 1. The summed E-state index contributed by atoms with van der Waals surface area (Å²) < 4.78 is 5.04. The Bertz CT molecular complexity index is 606. The third-order valence-electron chi connectivity index (χ3n) is 2.16. The van der Waals surface area contributed by atoms with E-state index in [2.05, 4.69) is 17.2 Å². The average molecular weight is 290 g/mol. The highest BCUT2D eigenvalue weighted by molar-refractivity contribution is 5.89. The van der Waals surface area contributed by atoms with Gasteiger partial charge >= 0.3 is 12.1 Å². The molecular formula is C15H18N2O4. The molecule has 0 fully saturated rings. The Morgan fingerprint density at radius 1 is 1.33 bits per heavy atom. The van der Waals surface area contributed by atoms with Gasteiger partial charge in [0.1, 0.15) is 5.60 Å². The van der Waals surface area contributed by atoms with Gasteiger partial charge in [0.25, 0.3) is 0 Å². The van der Waals surface area contributed by atoms with Crippen LogP contribution in [-0.4, -0.2) is 29.3 Å². The first-order valence-electron chi connectivity index (χ1n) is 6.27. The highest BCUT2D eigenvalue weighted by Crippen LogP contribution is 2.11. The maximum absolute atomic E-state index is 11.4. The van der Waals surface area contributed by atoms with Crippen LogP contribution < -0.4 is 11.1 Å². The van der Waals surface area contributed by atoms with Crippen molar-refractivity contribution in [3.63, 3.8) is 0 Å². The maximum Gasteiger partial charge on any atom is 0.408 e. The number of hydrogen-bond donors (Lipinski definition) is 3. The van der Waals surface area contributed by atoms with Gasteiger partial charge < -0.3 is 20.9 Å². The van der Waals surface area contributed by atoms with E-state index in [1.165, 1.54) is 12.1 Å². The fraction of sp³-hybridized carbons (Fsp3) is 0.333. The Kier molecular flexibility index (Phi) is 5.19. The van der Waals surface area contributed by atoms with Crippen LogP contribution in [0.2, 0.25) is 0 Å². The van der Waals surface area contributed by atoms with Crippen molar-refractivity contribution in [3.8, 4) is 11.8 Å². The maximum atomic E-state index is 11.4. The fourth-order valence-corrected chi connectivity index (χ4v) is 1.42. The molecule has 0 bridgehead atoms. The number of anilines is 1. The van der Waals surface area contributed by atoms with Crippen LogP contribution in [0.4, 0.5) is 10.5 Å². The van der Waals surface area contributed by atoms with E-state index < -0.39 is 17.7 Å². The zero-order valence-electron chi connectivity index (χ0n) is 12.2.